The van der Waals surface area contributed by atoms with Gasteiger partial charge in [-0.05, 0) is 60.5 Å². The first-order valence-electron chi connectivity index (χ1n) is 15.4. The summed E-state index contributed by atoms with van der Waals surface area (Å²) in [5.74, 6) is 0.873. The Balaban J connectivity index is 1.22. The SMILES string of the molecule is CC12C=CC=CC1C1=Cc3c(c4ccccc4n3-c3cccc(-c4nc(-c5cccc(C#N)c5)c5ccccc5n4)c3)CC1O2. The lowest BCUT2D eigenvalue weighted by Gasteiger charge is -2.27. The van der Waals surface area contributed by atoms with Crippen LogP contribution in [0.15, 0.2) is 127 Å². The predicted octanol–water partition coefficient (Wildman–Crippen LogP) is 8.62. The van der Waals surface area contributed by atoms with E-state index in [1.165, 1.54) is 27.7 Å². The first-order chi connectivity index (χ1) is 22.1. The number of para-hydroxylation sites is 2. The number of nitrogens with zero attached hydrogens (tertiary/aromatic N) is 4. The first kappa shape index (κ1) is 25.9. The lowest BCUT2D eigenvalue weighted by Crippen LogP contribution is -2.29. The smallest absolute Gasteiger partial charge is 0.160 e. The third-order valence-electron chi connectivity index (χ3n) is 9.53. The average molecular weight is 581 g/mol. The molecule has 1 fully saturated rings. The highest BCUT2D eigenvalue weighted by atomic mass is 16.5. The third kappa shape index (κ3) is 3.96. The van der Waals surface area contributed by atoms with Gasteiger partial charge in [-0.3, -0.25) is 0 Å². The lowest BCUT2D eigenvalue weighted by atomic mass is 9.79. The maximum atomic E-state index is 9.55. The van der Waals surface area contributed by atoms with Crippen LogP contribution in [0.4, 0.5) is 0 Å². The van der Waals surface area contributed by atoms with Gasteiger partial charge in [-0.15, -0.1) is 0 Å². The van der Waals surface area contributed by atoms with Crippen LogP contribution in [-0.2, 0) is 11.2 Å². The molecule has 0 bridgehead atoms. The first-order valence-corrected chi connectivity index (χ1v) is 15.4. The highest BCUT2D eigenvalue weighted by Crippen LogP contribution is 2.49. The molecule has 3 atom stereocenters. The van der Waals surface area contributed by atoms with E-state index in [1.54, 1.807) is 0 Å². The van der Waals surface area contributed by atoms with E-state index in [9.17, 15) is 5.26 Å². The van der Waals surface area contributed by atoms with Crippen LogP contribution in [0.5, 0.6) is 0 Å². The molecule has 3 aliphatic rings. The third-order valence-corrected chi connectivity index (χ3v) is 9.53. The van der Waals surface area contributed by atoms with E-state index < -0.39 is 0 Å². The number of allylic oxidation sites excluding steroid dienone is 2. The Bertz CT molecular complexity index is 2330. The van der Waals surface area contributed by atoms with Gasteiger partial charge < -0.3 is 9.30 Å². The molecule has 5 nitrogen and oxygen atoms in total. The largest absolute Gasteiger partial charge is 0.362 e. The summed E-state index contributed by atoms with van der Waals surface area (Å²) in [6, 6.07) is 35.1. The Hall–Kier alpha value is -5.57. The number of rotatable bonds is 3. The molecule has 1 aliphatic heterocycles. The number of hydrogen-bond donors (Lipinski definition) is 0. The summed E-state index contributed by atoms with van der Waals surface area (Å²) in [5, 5.41) is 11.8. The lowest BCUT2D eigenvalue weighted by molar-refractivity contribution is -0.00142. The van der Waals surface area contributed by atoms with Gasteiger partial charge in [0.2, 0.25) is 0 Å². The van der Waals surface area contributed by atoms with Crippen molar-refractivity contribution in [1.29, 1.82) is 5.26 Å². The van der Waals surface area contributed by atoms with E-state index in [2.05, 4.69) is 96.5 Å². The minimum Gasteiger partial charge on any atom is -0.362 e. The monoisotopic (exact) mass is 580 g/mol. The molecule has 6 aromatic rings. The summed E-state index contributed by atoms with van der Waals surface area (Å²) < 4.78 is 9.08. The topological polar surface area (TPSA) is 63.7 Å². The molecule has 2 aliphatic carbocycles. The van der Waals surface area contributed by atoms with Crippen molar-refractivity contribution in [1.82, 2.24) is 14.5 Å². The van der Waals surface area contributed by atoms with Crippen LogP contribution in [0.2, 0.25) is 0 Å². The fourth-order valence-electron chi connectivity index (χ4n) is 7.45. The van der Waals surface area contributed by atoms with E-state index >= 15 is 0 Å². The van der Waals surface area contributed by atoms with Crippen molar-refractivity contribution < 1.29 is 4.74 Å². The number of ether oxygens (including phenoxy) is 1. The number of benzene rings is 4. The van der Waals surface area contributed by atoms with Gasteiger partial charge in [0.15, 0.2) is 5.82 Å². The molecule has 214 valence electrons. The molecular formula is C40H28N4O. The van der Waals surface area contributed by atoms with Crippen LogP contribution in [0, 0.1) is 17.2 Å². The van der Waals surface area contributed by atoms with Gasteiger partial charge in [0.25, 0.3) is 0 Å². The number of hydrogen-bond acceptors (Lipinski definition) is 4. The maximum Gasteiger partial charge on any atom is 0.160 e. The molecule has 9 rings (SSSR count). The van der Waals surface area contributed by atoms with E-state index in [4.69, 9.17) is 14.7 Å². The fraction of sp³-hybridized carbons (Fsp3) is 0.125. The summed E-state index contributed by atoms with van der Waals surface area (Å²) in [6.07, 6.45) is 12.0. The summed E-state index contributed by atoms with van der Waals surface area (Å²) in [4.78, 5) is 10.1. The molecule has 0 saturated carbocycles. The maximum absolute atomic E-state index is 9.55. The van der Waals surface area contributed by atoms with Gasteiger partial charge in [-0.1, -0.05) is 85.0 Å². The van der Waals surface area contributed by atoms with Gasteiger partial charge in [-0.2, -0.15) is 5.26 Å². The normalized spacial score (nSPS) is 21.3. The van der Waals surface area contributed by atoms with Crippen LogP contribution >= 0.6 is 0 Å². The molecule has 0 amide bonds. The van der Waals surface area contributed by atoms with Gasteiger partial charge in [-0.25, -0.2) is 9.97 Å². The molecule has 0 spiro atoms. The van der Waals surface area contributed by atoms with Crippen molar-refractivity contribution >= 4 is 27.9 Å². The minimum atomic E-state index is -0.312. The summed E-state index contributed by atoms with van der Waals surface area (Å²) in [6.45, 7) is 2.20. The number of nitriles is 1. The summed E-state index contributed by atoms with van der Waals surface area (Å²) in [5.41, 5.74) is 9.91. The number of fused-ring (bicyclic) bond motifs is 7. The van der Waals surface area contributed by atoms with Gasteiger partial charge in [0.1, 0.15) is 0 Å². The molecule has 3 unspecified atom stereocenters. The minimum absolute atomic E-state index is 0.0643. The zero-order chi connectivity index (χ0) is 30.1. The van der Waals surface area contributed by atoms with E-state index in [-0.39, 0.29) is 17.6 Å². The van der Waals surface area contributed by atoms with Crippen molar-refractivity contribution in [3.05, 3.63) is 144 Å². The fourth-order valence-corrected chi connectivity index (χ4v) is 7.45. The Kier molecular flexibility index (Phi) is 5.59. The van der Waals surface area contributed by atoms with Crippen LogP contribution in [0.3, 0.4) is 0 Å². The highest BCUT2D eigenvalue weighted by molar-refractivity contribution is 5.94. The van der Waals surface area contributed by atoms with Gasteiger partial charge in [0.05, 0.1) is 45.8 Å². The summed E-state index contributed by atoms with van der Waals surface area (Å²) in [7, 11) is 0. The van der Waals surface area contributed by atoms with E-state index in [0.29, 0.717) is 11.4 Å². The Morgan fingerprint density at radius 1 is 0.867 bits per heavy atom. The number of aromatic nitrogens is 3. The molecular weight excluding hydrogens is 552 g/mol. The van der Waals surface area contributed by atoms with Crippen LogP contribution < -0.4 is 0 Å². The van der Waals surface area contributed by atoms with Crippen molar-refractivity contribution in [3.63, 3.8) is 0 Å². The van der Waals surface area contributed by atoms with Gasteiger partial charge >= 0.3 is 0 Å². The zero-order valence-electron chi connectivity index (χ0n) is 24.7. The molecule has 5 heteroatoms. The average Bonchev–Trinajstić information content (AvgIpc) is 3.57. The molecule has 4 aromatic carbocycles. The molecule has 0 radical (unpaired) electrons. The quantitative estimate of drug-likeness (QED) is 0.210. The standard InChI is InChI=1S/C40H28N4O/c1-40-19-7-6-16-33(40)32-22-36-31(23-37(32)45-40)29-14-3-5-18-35(29)44(36)28-13-9-12-27(21-28)39-42-34-17-4-2-15-30(34)38(43-39)26-11-8-10-25(20-26)24-41/h2-22,33,37H,23H2,1H3. The Morgan fingerprint density at radius 3 is 2.60 bits per heavy atom. The van der Waals surface area contributed by atoms with Crippen LogP contribution in [-0.4, -0.2) is 26.2 Å². The second-order valence-electron chi connectivity index (χ2n) is 12.2. The highest BCUT2D eigenvalue weighted by Gasteiger charge is 2.48. The van der Waals surface area contributed by atoms with Crippen molar-refractivity contribution in [2.45, 2.75) is 25.0 Å². The molecule has 1 saturated heterocycles. The van der Waals surface area contributed by atoms with E-state index in [1.807, 2.05) is 48.5 Å². The molecule has 0 N–H and O–H groups in total. The summed E-state index contributed by atoms with van der Waals surface area (Å²) >= 11 is 0. The van der Waals surface area contributed by atoms with E-state index in [0.717, 1.165) is 39.8 Å². The zero-order valence-corrected chi connectivity index (χ0v) is 24.7. The Labute approximate surface area is 261 Å². The van der Waals surface area contributed by atoms with Crippen LogP contribution in [0.1, 0.15) is 23.7 Å². The molecule has 3 heterocycles. The predicted molar refractivity (Wildman–Crippen MR) is 179 cm³/mol. The Morgan fingerprint density at radius 2 is 1.69 bits per heavy atom. The van der Waals surface area contributed by atoms with Crippen molar-refractivity contribution in [2.24, 2.45) is 5.92 Å². The molecule has 2 aromatic heterocycles. The van der Waals surface area contributed by atoms with Crippen molar-refractivity contribution in [3.8, 4) is 34.4 Å². The van der Waals surface area contributed by atoms with Gasteiger partial charge in [0, 0.05) is 39.9 Å². The second-order valence-corrected chi connectivity index (χ2v) is 12.2. The molecule has 45 heavy (non-hydrogen) atoms. The second kappa shape index (κ2) is 9.72. The van der Waals surface area contributed by atoms with Crippen molar-refractivity contribution in [2.75, 3.05) is 0 Å². The van der Waals surface area contributed by atoms with Crippen LogP contribution in [0.25, 0.3) is 56.2 Å².